The van der Waals surface area contributed by atoms with Gasteiger partial charge < -0.3 is 5.32 Å². The number of nitrogens with one attached hydrogen (secondary N) is 2. The van der Waals surface area contributed by atoms with Gasteiger partial charge in [0, 0.05) is 23.0 Å². The predicted molar refractivity (Wildman–Crippen MR) is 129 cm³/mol. The lowest BCUT2D eigenvalue weighted by Crippen LogP contribution is -2.36. The summed E-state index contributed by atoms with van der Waals surface area (Å²) >= 11 is 0. The first kappa shape index (κ1) is 20.2. The van der Waals surface area contributed by atoms with Crippen molar-refractivity contribution in [2.75, 3.05) is 5.32 Å². The van der Waals surface area contributed by atoms with Crippen molar-refractivity contribution in [1.82, 2.24) is 5.32 Å². The lowest BCUT2D eigenvalue weighted by atomic mass is 9.90. The summed E-state index contributed by atoms with van der Waals surface area (Å²) in [5.74, 6) is -0.853. The number of anilines is 1. The number of benzene rings is 4. The molecule has 33 heavy (non-hydrogen) atoms. The topological polar surface area (TPSA) is 82.0 Å². The smallest absolute Gasteiger partial charge is 0.260 e. The Morgan fingerprint density at radius 2 is 1.61 bits per heavy atom. The van der Waals surface area contributed by atoms with E-state index in [4.69, 9.17) is 5.26 Å². The van der Waals surface area contributed by atoms with Crippen molar-refractivity contribution in [2.24, 2.45) is 0 Å². The van der Waals surface area contributed by atoms with Crippen LogP contribution in [-0.2, 0) is 11.2 Å². The van der Waals surface area contributed by atoms with Gasteiger partial charge in [0.15, 0.2) is 0 Å². The highest BCUT2D eigenvalue weighted by atomic mass is 16.2. The molecule has 0 unspecified atom stereocenters. The van der Waals surface area contributed by atoms with Crippen molar-refractivity contribution in [3.05, 3.63) is 108 Å². The van der Waals surface area contributed by atoms with E-state index in [9.17, 15) is 9.59 Å². The molecule has 0 aromatic heterocycles. The van der Waals surface area contributed by atoms with E-state index in [1.54, 1.807) is 12.3 Å². The van der Waals surface area contributed by atoms with Gasteiger partial charge in [-0.15, -0.1) is 0 Å². The van der Waals surface area contributed by atoms with Crippen LogP contribution in [0.2, 0.25) is 0 Å². The molecule has 1 aliphatic heterocycles. The number of carbonyl (C=O) groups excluding carboxylic acids is 2. The standard InChI is InChI=1S/C28H19N3O2/c29-15-14-18-8-11-21(12-9-18)30-17-26-25-16-20(10-13-24(25)27(32)31-28(26)33)23-7-3-5-19-4-1-2-6-22(19)23/h1-13,16-17,30H,14H2,(H,31,32,33). The van der Waals surface area contributed by atoms with Crippen LogP contribution in [0.4, 0.5) is 5.69 Å². The summed E-state index contributed by atoms with van der Waals surface area (Å²) in [6.07, 6.45) is 1.96. The summed E-state index contributed by atoms with van der Waals surface area (Å²) in [6.45, 7) is 0. The third-order valence-corrected chi connectivity index (χ3v) is 5.75. The van der Waals surface area contributed by atoms with Crippen LogP contribution in [0.25, 0.3) is 27.5 Å². The van der Waals surface area contributed by atoms with E-state index < -0.39 is 11.8 Å². The van der Waals surface area contributed by atoms with Crippen LogP contribution in [0.3, 0.4) is 0 Å². The average Bonchev–Trinajstić information content (AvgIpc) is 2.84. The number of nitrogens with zero attached hydrogens (tertiary/aromatic N) is 1. The first-order chi connectivity index (χ1) is 16.1. The normalized spacial score (nSPS) is 14.0. The van der Waals surface area contributed by atoms with Crippen LogP contribution < -0.4 is 10.6 Å². The molecule has 0 aliphatic carbocycles. The Bertz CT molecular complexity index is 1470. The van der Waals surface area contributed by atoms with Crippen LogP contribution in [0, 0.1) is 11.3 Å². The summed E-state index contributed by atoms with van der Waals surface area (Å²) in [5.41, 5.74) is 5.09. The zero-order chi connectivity index (χ0) is 22.8. The predicted octanol–water partition coefficient (Wildman–Crippen LogP) is 5.30. The van der Waals surface area contributed by atoms with Crippen molar-refractivity contribution in [3.8, 4) is 17.2 Å². The number of nitriles is 1. The van der Waals surface area contributed by atoms with Crippen molar-refractivity contribution >= 4 is 33.8 Å². The molecule has 5 rings (SSSR count). The van der Waals surface area contributed by atoms with E-state index in [1.165, 1.54) is 0 Å². The second-order valence-corrected chi connectivity index (χ2v) is 7.80. The van der Waals surface area contributed by atoms with Gasteiger partial charge in [-0.3, -0.25) is 14.9 Å². The van der Waals surface area contributed by atoms with Gasteiger partial charge in [-0.25, -0.2) is 0 Å². The molecular weight excluding hydrogens is 410 g/mol. The zero-order valence-electron chi connectivity index (χ0n) is 17.6. The van der Waals surface area contributed by atoms with Gasteiger partial charge in [-0.2, -0.15) is 5.26 Å². The molecule has 0 saturated carbocycles. The number of amides is 2. The van der Waals surface area contributed by atoms with Crippen LogP contribution in [0.15, 0.2) is 91.1 Å². The Kier molecular flexibility index (Phi) is 5.18. The molecular formula is C28H19N3O2. The first-order valence-corrected chi connectivity index (χ1v) is 10.5. The molecule has 5 nitrogen and oxygen atoms in total. The highest BCUT2D eigenvalue weighted by molar-refractivity contribution is 6.31. The van der Waals surface area contributed by atoms with E-state index in [-0.39, 0.29) is 0 Å². The minimum absolute atomic E-state index is 0.343. The van der Waals surface area contributed by atoms with Gasteiger partial charge in [0.2, 0.25) is 0 Å². The molecule has 4 aromatic rings. The van der Waals surface area contributed by atoms with Crippen LogP contribution in [0.1, 0.15) is 21.5 Å². The molecule has 5 heteroatoms. The zero-order valence-corrected chi connectivity index (χ0v) is 17.6. The molecule has 4 aromatic carbocycles. The number of hydrogen-bond acceptors (Lipinski definition) is 4. The van der Waals surface area contributed by atoms with E-state index in [2.05, 4.69) is 34.9 Å². The molecule has 2 amide bonds. The number of rotatable bonds is 4. The number of fused-ring (bicyclic) bond motifs is 2. The van der Waals surface area contributed by atoms with Gasteiger partial charge in [0.25, 0.3) is 11.8 Å². The van der Waals surface area contributed by atoms with E-state index in [0.717, 1.165) is 33.2 Å². The molecule has 1 aliphatic rings. The molecule has 0 radical (unpaired) electrons. The second-order valence-electron chi connectivity index (χ2n) is 7.80. The van der Waals surface area contributed by atoms with Crippen LogP contribution in [-0.4, -0.2) is 11.8 Å². The van der Waals surface area contributed by atoms with E-state index >= 15 is 0 Å². The Morgan fingerprint density at radius 3 is 2.42 bits per heavy atom. The van der Waals surface area contributed by atoms with E-state index in [1.807, 2.05) is 60.7 Å². The minimum Gasteiger partial charge on any atom is -0.361 e. The first-order valence-electron chi connectivity index (χ1n) is 10.5. The Labute approximate surface area is 191 Å². The van der Waals surface area contributed by atoms with Gasteiger partial charge in [-0.05, 0) is 51.7 Å². The largest absolute Gasteiger partial charge is 0.361 e. The third-order valence-electron chi connectivity index (χ3n) is 5.75. The molecule has 0 fully saturated rings. The lowest BCUT2D eigenvalue weighted by Gasteiger charge is -2.20. The number of hydrogen-bond donors (Lipinski definition) is 2. The summed E-state index contributed by atoms with van der Waals surface area (Å²) in [4.78, 5) is 25.2. The SMILES string of the molecule is N#CCc1ccc(NC=C2C(=O)NC(=O)c3ccc(-c4cccc5ccccc45)cc32)cc1. The quantitative estimate of drug-likeness (QED) is 0.341. The van der Waals surface area contributed by atoms with Gasteiger partial charge in [0.05, 0.1) is 18.1 Å². The highest BCUT2D eigenvalue weighted by Gasteiger charge is 2.27. The Hall–Kier alpha value is -4.69. The van der Waals surface area contributed by atoms with Gasteiger partial charge >= 0.3 is 0 Å². The molecule has 158 valence electrons. The summed E-state index contributed by atoms with van der Waals surface area (Å²) in [5, 5.41) is 16.6. The monoisotopic (exact) mass is 429 g/mol. The molecule has 2 N–H and O–H groups in total. The maximum absolute atomic E-state index is 12.7. The molecule has 0 atom stereocenters. The maximum atomic E-state index is 12.7. The highest BCUT2D eigenvalue weighted by Crippen LogP contribution is 2.33. The van der Waals surface area contributed by atoms with Crippen molar-refractivity contribution < 1.29 is 9.59 Å². The molecule has 0 bridgehead atoms. The van der Waals surface area contributed by atoms with Gasteiger partial charge in [0.1, 0.15) is 0 Å². The fraction of sp³-hybridized carbons (Fsp3) is 0.0357. The van der Waals surface area contributed by atoms with Crippen molar-refractivity contribution in [3.63, 3.8) is 0 Å². The Morgan fingerprint density at radius 1 is 0.818 bits per heavy atom. The lowest BCUT2D eigenvalue weighted by molar-refractivity contribution is -0.114. The number of carbonyl (C=O) groups is 2. The molecule has 0 saturated heterocycles. The fourth-order valence-corrected chi connectivity index (χ4v) is 4.08. The maximum Gasteiger partial charge on any atom is 0.260 e. The summed E-state index contributed by atoms with van der Waals surface area (Å²) in [7, 11) is 0. The Balaban J connectivity index is 1.56. The minimum atomic E-state index is -0.448. The van der Waals surface area contributed by atoms with Crippen LogP contribution >= 0.6 is 0 Å². The average molecular weight is 429 g/mol. The fourth-order valence-electron chi connectivity index (χ4n) is 4.08. The van der Waals surface area contributed by atoms with E-state index in [0.29, 0.717) is 23.1 Å². The van der Waals surface area contributed by atoms with Crippen molar-refractivity contribution in [2.45, 2.75) is 6.42 Å². The summed E-state index contributed by atoms with van der Waals surface area (Å²) in [6, 6.07) is 29.4. The third kappa shape index (κ3) is 3.86. The van der Waals surface area contributed by atoms with Crippen molar-refractivity contribution in [1.29, 1.82) is 5.26 Å². The van der Waals surface area contributed by atoms with Crippen LogP contribution in [0.5, 0.6) is 0 Å². The second kappa shape index (κ2) is 8.45. The van der Waals surface area contributed by atoms with Gasteiger partial charge in [-0.1, -0.05) is 60.7 Å². The molecule has 1 heterocycles. The summed E-state index contributed by atoms with van der Waals surface area (Å²) < 4.78 is 0. The number of imide groups is 1. The molecule has 0 spiro atoms.